The molecule has 1 fully saturated rings. The first kappa shape index (κ1) is 27.9. The summed E-state index contributed by atoms with van der Waals surface area (Å²) in [6.07, 6.45) is 4.86. The third-order valence-electron chi connectivity index (χ3n) is 6.42. The molecule has 9 nitrogen and oxygen atoms in total. The van der Waals surface area contributed by atoms with Crippen LogP contribution in [0.2, 0.25) is 0 Å². The van der Waals surface area contributed by atoms with Gasteiger partial charge < -0.3 is 15.7 Å². The Balaban J connectivity index is 1.53. The molecule has 0 spiro atoms. The van der Waals surface area contributed by atoms with Crippen molar-refractivity contribution in [2.45, 2.75) is 57.2 Å². The lowest BCUT2D eigenvalue weighted by molar-refractivity contribution is -0.133. The number of likely N-dealkylation sites (N-methyl/N-ethyl adjacent to an activating group) is 1. The number of hydroxylamine groups is 1. The zero-order valence-corrected chi connectivity index (χ0v) is 21.2. The molecule has 3 amide bonds. The first-order valence-electron chi connectivity index (χ1n) is 12.4. The fourth-order valence-corrected chi connectivity index (χ4v) is 4.26. The number of carbonyl (C=O) groups is 3. The summed E-state index contributed by atoms with van der Waals surface area (Å²) < 4.78 is 0. The molecule has 2 unspecified atom stereocenters. The van der Waals surface area contributed by atoms with Crippen LogP contribution in [0.3, 0.4) is 0 Å². The van der Waals surface area contributed by atoms with E-state index in [1.165, 1.54) is 31.7 Å². The zero-order chi connectivity index (χ0) is 26.8. The Morgan fingerprint density at radius 2 is 1.54 bits per heavy atom. The van der Waals surface area contributed by atoms with Crippen molar-refractivity contribution in [2.75, 3.05) is 18.9 Å². The number of anilines is 1. The number of nitrogens with zero attached hydrogens (tertiary/aromatic N) is 1. The normalized spacial score (nSPS) is 15.2. The van der Waals surface area contributed by atoms with Crippen LogP contribution in [0.15, 0.2) is 48.5 Å². The van der Waals surface area contributed by atoms with Gasteiger partial charge in [0.1, 0.15) is 6.04 Å². The summed E-state index contributed by atoms with van der Waals surface area (Å²) in [6.45, 7) is 1.70. The second-order valence-corrected chi connectivity index (χ2v) is 9.33. The van der Waals surface area contributed by atoms with E-state index in [1.807, 2.05) is 31.3 Å². The maximum atomic E-state index is 12.4. The number of aliphatic hydroxyl groups is 1. The Bertz CT molecular complexity index is 1130. The van der Waals surface area contributed by atoms with Gasteiger partial charge in [-0.2, -0.15) is 0 Å². The molecule has 2 aromatic rings. The summed E-state index contributed by atoms with van der Waals surface area (Å²) in [4.78, 5) is 38.5. The van der Waals surface area contributed by atoms with Crippen molar-refractivity contribution >= 4 is 23.4 Å². The quantitative estimate of drug-likeness (QED) is 0.212. The summed E-state index contributed by atoms with van der Waals surface area (Å²) in [7, 11) is 2.01. The highest BCUT2D eigenvalue weighted by Gasteiger charge is 2.25. The van der Waals surface area contributed by atoms with Gasteiger partial charge >= 0.3 is 0 Å². The highest BCUT2D eigenvalue weighted by molar-refractivity contribution is 5.97. The highest BCUT2D eigenvalue weighted by Crippen LogP contribution is 2.21. The number of nitrogens with one attached hydrogen (secondary N) is 3. The van der Waals surface area contributed by atoms with E-state index < -0.39 is 24.0 Å². The average molecular weight is 507 g/mol. The molecular formula is C28H34N4O5. The summed E-state index contributed by atoms with van der Waals surface area (Å²) in [5, 5.41) is 23.7. The van der Waals surface area contributed by atoms with Crippen LogP contribution < -0.4 is 16.1 Å². The van der Waals surface area contributed by atoms with Crippen LogP contribution in [-0.2, 0) is 9.59 Å². The molecule has 3 rings (SSSR count). The lowest BCUT2D eigenvalue weighted by Gasteiger charge is -2.30. The van der Waals surface area contributed by atoms with E-state index in [-0.39, 0.29) is 11.5 Å². The van der Waals surface area contributed by atoms with Crippen LogP contribution in [0.5, 0.6) is 0 Å². The highest BCUT2D eigenvalue weighted by atomic mass is 16.5. The van der Waals surface area contributed by atoms with E-state index in [1.54, 1.807) is 24.3 Å². The minimum absolute atomic E-state index is 0.0345. The number of aliphatic hydroxyl groups excluding tert-OH is 1. The standard InChI is InChI=1S/C28H34N4O5/c1-19(33)26(28(36)31-37)30-27(35)22-14-10-20(11-15-22)8-9-21-12-16-23(17-13-21)29-25(34)18-32(2)24-6-4-3-5-7-24/h10-17,19,24,26,33,37H,3-7,18H2,1-2H3,(H,29,34)(H,30,35)(H,31,36). The van der Waals surface area contributed by atoms with Crippen molar-refractivity contribution in [1.82, 2.24) is 15.7 Å². The Kier molecular flexibility index (Phi) is 10.2. The smallest absolute Gasteiger partial charge is 0.268 e. The molecule has 2 aromatic carbocycles. The summed E-state index contributed by atoms with van der Waals surface area (Å²) in [5.74, 6) is 4.55. The zero-order valence-electron chi connectivity index (χ0n) is 21.2. The van der Waals surface area contributed by atoms with Crippen molar-refractivity contribution in [1.29, 1.82) is 0 Å². The van der Waals surface area contributed by atoms with Crippen LogP contribution in [-0.4, -0.2) is 64.7 Å². The van der Waals surface area contributed by atoms with Gasteiger partial charge in [0.2, 0.25) is 5.91 Å². The summed E-state index contributed by atoms with van der Waals surface area (Å²) in [6, 6.07) is 12.9. The van der Waals surface area contributed by atoms with Gasteiger partial charge in [0.25, 0.3) is 11.8 Å². The molecule has 1 saturated carbocycles. The molecule has 0 saturated heterocycles. The van der Waals surface area contributed by atoms with E-state index in [2.05, 4.69) is 27.4 Å². The predicted molar refractivity (Wildman–Crippen MR) is 140 cm³/mol. The second kappa shape index (κ2) is 13.6. The van der Waals surface area contributed by atoms with Crippen LogP contribution in [0, 0.1) is 11.8 Å². The van der Waals surface area contributed by atoms with E-state index in [0.717, 1.165) is 18.4 Å². The Labute approximate surface area is 217 Å². The Morgan fingerprint density at radius 1 is 0.973 bits per heavy atom. The minimum atomic E-state index is -1.29. The molecule has 0 aromatic heterocycles. The molecule has 0 bridgehead atoms. The summed E-state index contributed by atoms with van der Waals surface area (Å²) >= 11 is 0. The lowest BCUT2D eigenvalue weighted by Crippen LogP contribution is -2.51. The Morgan fingerprint density at radius 3 is 2.08 bits per heavy atom. The van der Waals surface area contributed by atoms with E-state index in [4.69, 9.17) is 5.21 Å². The van der Waals surface area contributed by atoms with Gasteiger partial charge in [-0.1, -0.05) is 31.1 Å². The monoisotopic (exact) mass is 506 g/mol. The molecule has 9 heteroatoms. The molecule has 2 atom stereocenters. The van der Waals surface area contributed by atoms with Crippen molar-refractivity contribution in [2.24, 2.45) is 0 Å². The third-order valence-corrected chi connectivity index (χ3v) is 6.42. The van der Waals surface area contributed by atoms with Gasteiger partial charge in [-0.25, -0.2) is 5.48 Å². The van der Waals surface area contributed by atoms with Crippen LogP contribution in [0.25, 0.3) is 0 Å². The molecule has 0 aliphatic heterocycles. The average Bonchev–Trinajstić information content (AvgIpc) is 2.91. The Hall–Kier alpha value is -3.71. The topological polar surface area (TPSA) is 131 Å². The number of hydrogen-bond donors (Lipinski definition) is 5. The second-order valence-electron chi connectivity index (χ2n) is 9.33. The van der Waals surface area contributed by atoms with Crippen LogP contribution >= 0.6 is 0 Å². The number of amides is 3. The van der Waals surface area contributed by atoms with E-state index in [0.29, 0.717) is 23.8 Å². The molecule has 0 heterocycles. The van der Waals surface area contributed by atoms with Gasteiger partial charge in [-0.05, 0) is 75.3 Å². The van der Waals surface area contributed by atoms with Crippen molar-refractivity contribution < 1.29 is 24.7 Å². The first-order chi connectivity index (χ1) is 17.8. The molecule has 196 valence electrons. The van der Waals surface area contributed by atoms with Gasteiger partial charge in [0.05, 0.1) is 12.6 Å². The SMILES string of the molecule is CC(O)C(NC(=O)c1ccc(C#Cc2ccc(NC(=O)CN(C)C3CCCCC3)cc2)cc1)C(=O)NO. The molecule has 1 aliphatic rings. The van der Waals surface area contributed by atoms with Gasteiger partial charge in [0.15, 0.2) is 0 Å². The van der Waals surface area contributed by atoms with Crippen LogP contribution in [0.4, 0.5) is 5.69 Å². The van der Waals surface area contributed by atoms with Gasteiger partial charge in [0, 0.05) is 28.4 Å². The van der Waals surface area contributed by atoms with Crippen molar-refractivity contribution in [3.63, 3.8) is 0 Å². The predicted octanol–water partition coefficient (Wildman–Crippen LogP) is 2.27. The molecular weight excluding hydrogens is 472 g/mol. The maximum Gasteiger partial charge on any atom is 0.268 e. The van der Waals surface area contributed by atoms with Crippen molar-refractivity contribution in [3.8, 4) is 11.8 Å². The molecule has 5 N–H and O–H groups in total. The lowest BCUT2D eigenvalue weighted by atomic mass is 9.94. The largest absolute Gasteiger partial charge is 0.391 e. The number of rotatable bonds is 8. The van der Waals surface area contributed by atoms with Gasteiger partial charge in [-0.3, -0.25) is 24.5 Å². The van der Waals surface area contributed by atoms with E-state index >= 15 is 0 Å². The first-order valence-corrected chi connectivity index (χ1v) is 12.4. The fraction of sp³-hybridized carbons (Fsp3) is 0.393. The number of hydrogen-bond acceptors (Lipinski definition) is 6. The summed E-state index contributed by atoms with van der Waals surface area (Å²) in [5.41, 5.74) is 3.87. The minimum Gasteiger partial charge on any atom is -0.391 e. The molecule has 1 aliphatic carbocycles. The maximum absolute atomic E-state index is 12.4. The van der Waals surface area contributed by atoms with Crippen molar-refractivity contribution in [3.05, 3.63) is 65.2 Å². The third kappa shape index (κ3) is 8.43. The van der Waals surface area contributed by atoms with Gasteiger partial charge in [-0.15, -0.1) is 0 Å². The molecule has 0 radical (unpaired) electrons. The molecule has 37 heavy (non-hydrogen) atoms. The fourth-order valence-electron chi connectivity index (χ4n) is 4.26. The number of carbonyl (C=O) groups excluding carboxylic acids is 3. The number of benzene rings is 2. The van der Waals surface area contributed by atoms with E-state index in [9.17, 15) is 19.5 Å². The van der Waals surface area contributed by atoms with Crippen LogP contribution in [0.1, 0.15) is 60.5 Å².